The first-order chi connectivity index (χ1) is 17.6. The van der Waals surface area contributed by atoms with E-state index in [1.807, 2.05) is 0 Å². The molecule has 0 saturated heterocycles. The molecule has 2 aromatic heterocycles. The normalized spacial score (nSPS) is 12.5. The molecule has 2 heterocycles. The zero-order valence-electron chi connectivity index (χ0n) is 21.5. The van der Waals surface area contributed by atoms with Crippen molar-refractivity contribution in [1.82, 2.24) is 19.9 Å². The Bertz CT molecular complexity index is 1180. The molecule has 2 N–H and O–H groups in total. The van der Waals surface area contributed by atoms with Gasteiger partial charge in [0.05, 0.1) is 29.7 Å². The summed E-state index contributed by atoms with van der Waals surface area (Å²) in [6.45, 7) is 11.3. The number of aromatic nitrogens is 3. The molecular weight excluding hydrogens is 485 g/mol. The van der Waals surface area contributed by atoms with Gasteiger partial charge in [-0.1, -0.05) is 26.0 Å². The van der Waals surface area contributed by atoms with Gasteiger partial charge in [-0.3, -0.25) is 5.32 Å². The van der Waals surface area contributed by atoms with Gasteiger partial charge in [0.1, 0.15) is 11.3 Å². The summed E-state index contributed by atoms with van der Waals surface area (Å²) in [4.78, 5) is 27.8. The second kappa shape index (κ2) is 12.7. The molecule has 11 heteroatoms. The van der Waals surface area contributed by atoms with E-state index in [2.05, 4.69) is 51.3 Å². The Balaban J connectivity index is 1.90. The molecule has 0 fully saturated rings. The molecular formula is C26H33F3N6O2. The van der Waals surface area contributed by atoms with E-state index in [1.165, 1.54) is 18.3 Å². The number of hydrogen-bond acceptors (Lipinski definition) is 7. The van der Waals surface area contributed by atoms with Crippen molar-refractivity contribution in [2.24, 2.45) is 0 Å². The van der Waals surface area contributed by atoms with E-state index in [4.69, 9.17) is 4.74 Å². The topological polar surface area (TPSA) is 92.3 Å². The molecule has 0 aliphatic rings. The predicted octanol–water partition coefficient (Wildman–Crippen LogP) is 6.20. The van der Waals surface area contributed by atoms with E-state index in [0.29, 0.717) is 22.5 Å². The number of carbonyl (C=O) groups is 1. The number of carbonyl (C=O) groups excluding carboxylic acids is 1. The van der Waals surface area contributed by atoms with Gasteiger partial charge in [0.2, 0.25) is 0 Å². The van der Waals surface area contributed by atoms with Crippen molar-refractivity contribution >= 4 is 28.8 Å². The van der Waals surface area contributed by atoms with Crippen LogP contribution in [0.1, 0.15) is 46.1 Å². The summed E-state index contributed by atoms with van der Waals surface area (Å²) in [5, 5.41) is 6.04. The molecule has 200 valence electrons. The second-order valence-electron chi connectivity index (χ2n) is 8.62. The highest BCUT2D eigenvalue weighted by Gasteiger charge is 2.30. The number of anilines is 2. The van der Waals surface area contributed by atoms with E-state index in [-0.39, 0.29) is 24.1 Å². The van der Waals surface area contributed by atoms with Crippen LogP contribution in [0.25, 0.3) is 22.4 Å². The Hall–Kier alpha value is -3.47. The highest BCUT2D eigenvalue weighted by Crippen LogP contribution is 2.31. The smallest absolute Gasteiger partial charge is 0.416 e. The molecule has 1 aromatic carbocycles. The highest BCUT2D eigenvalue weighted by atomic mass is 19.4. The molecule has 0 aliphatic heterocycles. The van der Waals surface area contributed by atoms with Gasteiger partial charge < -0.3 is 15.0 Å². The van der Waals surface area contributed by atoms with Gasteiger partial charge in [-0.15, -0.1) is 0 Å². The van der Waals surface area contributed by atoms with Crippen LogP contribution in [-0.4, -0.2) is 58.2 Å². The number of fused-ring (bicyclic) bond motifs is 1. The minimum absolute atomic E-state index is 0.105. The van der Waals surface area contributed by atoms with Gasteiger partial charge in [-0.2, -0.15) is 13.2 Å². The van der Waals surface area contributed by atoms with Crippen LogP contribution >= 0.6 is 0 Å². The Morgan fingerprint density at radius 3 is 2.43 bits per heavy atom. The number of pyridine rings is 1. The molecule has 0 bridgehead atoms. The highest BCUT2D eigenvalue weighted by molar-refractivity contribution is 5.92. The summed E-state index contributed by atoms with van der Waals surface area (Å²) < 4.78 is 43.8. The Morgan fingerprint density at radius 2 is 1.81 bits per heavy atom. The molecule has 1 amide bonds. The molecule has 0 spiro atoms. The maximum atomic E-state index is 12.9. The van der Waals surface area contributed by atoms with Gasteiger partial charge in [0.15, 0.2) is 5.65 Å². The fourth-order valence-corrected chi connectivity index (χ4v) is 3.91. The van der Waals surface area contributed by atoms with Crippen molar-refractivity contribution in [3.63, 3.8) is 0 Å². The van der Waals surface area contributed by atoms with Crippen LogP contribution in [-0.2, 0) is 10.9 Å². The van der Waals surface area contributed by atoms with Gasteiger partial charge in [0, 0.05) is 17.7 Å². The van der Waals surface area contributed by atoms with Gasteiger partial charge >= 0.3 is 12.3 Å². The third-order valence-corrected chi connectivity index (χ3v) is 5.94. The number of amides is 1. The minimum atomic E-state index is -4.43. The quantitative estimate of drug-likeness (QED) is 0.312. The summed E-state index contributed by atoms with van der Waals surface area (Å²) in [5.74, 6) is 0.225. The predicted molar refractivity (Wildman–Crippen MR) is 139 cm³/mol. The maximum Gasteiger partial charge on any atom is 0.416 e. The van der Waals surface area contributed by atoms with Gasteiger partial charge in [-0.05, 0) is 58.5 Å². The first kappa shape index (κ1) is 28.1. The Morgan fingerprint density at radius 1 is 1.11 bits per heavy atom. The molecule has 1 atom stereocenters. The van der Waals surface area contributed by atoms with E-state index >= 15 is 0 Å². The summed E-state index contributed by atoms with van der Waals surface area (Å²) in [6.07, 6.45) is -1.65. The lowest BCUT2D eigenvalue weighted by atomic mass is 10.1. The number of nitrogens with one attached hydrogen (secondary N) is 2. The van der Waals surface area contributed by atoms with Crippen molar-refractivity contribution in [2.45, 2.75) is 52.8 Å². The molecule has 8 nitrogen and oxygen atoms in total. The van der Waals surface area contributed by atoms with Gasteiger partial charge in [-0.25, -0.2) is 19.7 Å². The largest absolute Gasteiger partial charge is 0.450 e. The standard InChI is InChI=1S/C26H33F3N6O2/c1-5-35(6-2)14-8-9-17(4)31-20-15-22(34-25(36)37-7-3)33-24-23(20)30-16-21(32-24)18-10-12-19(13-11-18)26(27,28)29/h10-13,15-17H,5-9,14H2,1-4H3,(H2,31,32,33,34,36). The number of benzene rings is 1. The summed E-state index contributed by atoms with van der Waals surface area (Å²) in [6, 6.07) is 6.47. The number of rotatable bonds is 11. The monoisotopic (exact) mass is 518 g/mol. The van der Waals surface area contributed by atoms with Crippen LogP contribution < -0.4 is 10.6 Å². The van der Waals surface area contributed by atoms with Crippen LogP contribution in [0.2, 0.25) is 0 Å². The van der Waals surface area contributed by atoms with Crippen molar-refractivity contribution in [3.8, 4) is 11.3 Å². The average molecular weight is 519 g/mol. The van der Waals surface area contributed by atoms with Crippen molar-refractivity contribution in [3.05, 3.63) is 42.1 Å². The van der Waals surface area contributed by atoms with Crippen LogP contribution in [0.4, 0.5) is 29.5 Å². The molecule has 0 radical (unpaired) electrons. The fraction of sp³-hybridized carbons (Fsp3) is 0.462. The molecule has 3 rings (SSSR count). The van der Waals surface area contributed by atoms with E-state index in [0.717, 1.165) is 44.6 Å². The fourth-order valence-electron chi connectivity index (χ4n) is 3.91. The number of alkyl halides is 3. The van der Waals surface area contributed by atoms with Crippen LogP contribution in [0, 0.1) is 0 Å². The molecule has 37 heavy (non-hydrogen) atoms. The minimum Gasteiger partial charge on any atom is -0.450 e. The lowest BCUT2D eigenvalue weighted by Crippen LogP contribution is -2.25. The number of nitrogens with zero attached hydrogens (tertiary/aromatic N) is 4. The van der Waals surface area contributed by atoms with Crippen LogP contribution in [0.15, 0.2) is 36.5 Å². The number of halogens is 3. The number of hydrogen-bond donors (Lipinski definition) is 2. The Labute approximate surface area is 214 Å². The van der Waals surface area contributed by atoms with E-state index in [9.17, 15) is 18.0 Å². The summed E-state index contributed by atoms with van der Waals surface area (Å²) in [5.41, 5.74) is 1.45. The van der Waals surface area contributed by atoms with E-state index < -0.39 is 17.8 Å². The number of ether oxygens (including phenoxy) is 1. The zero-order chi connectivity index (χ0) is 27.0. The molecule has 0 aliphatic carbocycles. The second-order valence-corrected chi connectivity index (χ2v) is 8.62. The van der Waals surface area contributed by atoms with Gasteiger partial charge in [0.25, 0.3) is 0 Å². The Kier molecular flexibility index (Phi) is 9.62. The van der Waals surface area contributed by atoms with Crippen molar-refractivity contribution in [2.75, 3.05) is 36.9 Å². The molecule has 3 aromatic rings. The molecule has 1 unspecified atom stereocenters. The van der Waals surface area contributed by atoms with Crippen molar-refractivity contribution in [1.29, 1.82) is 0 Å². The first-order valence-corrected chi connectivity index (χ1v) is 12.4. The third-order valence-electron chi connectivity index (χ3n) is 5.94. The van der Waals surface area contributed by atoms with Crippen LogP contribution in [0.5, 0.6) is 0 Å². The average Bonchev–Trinajstić information content (AvgIpc) is 2.86. The summed E-state index contributed by atoms with van der Waals surface area (Å²) >= 11 is 0. The van der Waals surface area contributed by atoms with Crippen LogP contribution in [0.3, 0.4) is 0 Å². The maximum absolute atomic E-state index is 12.9. The zero-order valence-corrected chi connectivity index (χ0v) is 21.5. The molecule has 0 saturated carbocycles. The van der Waals surface area contributed by atoms with Crippen molar-refractivity contribution < 1.29 is 22.7 Å². The summed E-state index contributed by atoms with van der Waals surface area (Å²) in [7, 11) is 0. The third kappa shape index (κ3) is 7.75. The lowest BCUT2D eigenvalue weighted by molar-refractivity contribution is -0.137. The SMILES string of the molecule is CCOC(=O)Nc1cc(NC(C)CCCN(CC)CC)c2ncc(-c3ccc(C(F)(F)F)cc3)nc2n1. The first-order valence-electron chi connectivity index (χ1n) is 12.4. The lowest BCUT2D eigenvalue weighted by Gasteiger charge is -2.21. The van der Waals surface area contributed by atoms with E-state index in [1.54, 1.807) is 13.0 Å².